The number of nitrogens with zero attached hydrogens (tertiary/aromatic N) is 2. The van der Waals surface area contributed by atoms with Crippen LogP contribution < -0.4 is 5.32 Å². The minimum absolute atomic E-state index is 0.0491. The van der Waals surface area contributed by atoms with E-state index in [1.807, 2.05) is 0 Å². The zero-order valence-electron chi connectivity index (χ0n) is 10.5. The lowest BCUT2D eigenvalue weighted by Crippen LogP contribution is -2.30. The molecule has 1 N–H and O–H groups in total. The maximum atomic E-state index is 5.39. The number of benzene rings is 1. The van der Waals surface area contributed by atoms with Crippen LogP contribution in [0.15, 0.2) is 28.8 Å². The molecular formula is C14H17N3O. The van der Waals surface area contributed by atoms with Gasteiger partial charge in [-0.1, -0.05) is 36.3 Å². The van der Waals surface area contributed by atoms with Gasteiger partial charge in [-0.05, 0) is 24.0 Å². The Hall–Kier alpha value is -1.68. The fourth-order valence-corrected chi connectivity index (χ4v) is 2.43. The Morgan fingerprint density at radius 3 is 3.17 bits per heavy atom. The molecular weight excluding hydrogens is 226 g/mol. The van der Waals surface area contributed by atoms with Crippen molar-refractivity contribution in [1.29, 1.82) is 0 Å². The lowest BCUT2D eigenvalue weighted by atomic mass is 9.94. The minimum Gasteiger partial charge on any atom is -0.337 e. The Kier molecular flexibility index (Phi) is 3.11. The highest BCUT2D eigenvalue weighted by atomic mass is 16.5. The van der Waals surface area contributed by atoms with Crippen LogP contribution in [-0.4, -0.2) is 16.7 Å². The van der Waals surface area contributed by atoms with Crippen molar-refractivity contribution in [1.82, 2.24) is 15.5 Å². The van der Waals surface area contributed by atoms with Crippen LogP contribution in [0.4, 0.5) is 0 Å². The summed E-state index contributed by atoms with van der Waals surface area (Å²) in [4.78, 5) is 4.48. The van der Waals surface area contributed by atoms with E-state index in [1.165, 1.54) is 11.1 Å². The highest BCUT2D eigenvalue weighted by molar-refractivity contribution is 5.35. The van der Waals surface area contributed by atoms with Gasteiger partial charge in [0, 0.05) is 13.0 Å². The number of aryl methyl sites for hydroxylation is 1. The summed E-state index contributed by atoms with van der Waals surface area (Å²) >= 11 is 0. The van der Waals surface area contributed by atoms with Crippen LogP contribution in [0.1, 0.15) is 42.2 Å². The quantitative estimate of drug-likeness (QED) is 0.898. The van der Waals surface area contributed by atoms with Crippen molar-refractivity contribution in [3.05, 3.63) is 47.1 Å². The molecule has 0 amide bonds. The molecule has 18 heavy (non-hydrogen) atoms. The molecule has 4 heteroatoms. The lowest BCUT2D eigenvalue weighted by Gasteiger charge is -2.23. The second-order valence-corrected chi connectivity index (χ2v) is 4.63. The first-order valence-electron chi connectivity index (χ1n) is 6.52. The molecule has 0 bridgehead atoms. The summed E-state index contributed by atoms with van der Waals surface area (Å²) in [7, 11) is 0. The van der Waals surface area contributed by atoms with E-state index < -0.39 is 0 Å². The predicted molar refractivity (Wildman–Crippen MR) is 68.3 cm³/mol. The summed E-state index contributed by atoms with van der Waals surface area (Å²) in [5.41, 5.74) is 2.63. The number of hydrogen-bond acceptors (Lipinski definition) is 4. The third-order valence-electron chi connectivity index (χ3n) is 3.31. The summed E-state index contributed by atoms with van der Waals surface area (Å²) in [5.74, 6) is 1.49. The molecule has 2 aromatic rings. The van der Waals surface area contributed by atoms with Crippen molar-refractivity contribution < 1.29 is 4.52 Å². The second-order valence-electron chi connectivity index (χ2n) is 4.63. The third-order valence-corrected chi connectivity index (χ3v) is 3.31. The summed E-state index contributed by atoms with van der Waals surface area (Å²) in [6, 6.07) is 8.50. The highest BCUT2D eigenvalue weighted by Crippen LogP contribution is 2.27. The Labute approximate surface area is 106 Å². The van der Waals surface area contributed by atoms with Crippen molar-refractivity contribution in [2.75, 3.05) is 6.54 Å². The first-order valence-corrected chi connectivity index (χ1v) is 6.52. The minimum atomic E-state index is 0.0491. The van der Waals surface area contributed by atoms with Gasteiger partial charge in [-0.15, -0.1) is 0 Å². The van der Waals surface area contributed by atoms with Crippen molar-refractivity contribution in [2.45, 2.75) is 32.2 Å². The fraction of sp³-hybridized carbons (Fsp3) is 0.429. The summed E-state index contributed by atoms with van der Waals surface area (Å²) in [5, 5.41) is 7.48. The number of hydrogen-bond donors (Lipinski definition) is 1. The van der Waals surface area contributed by atoms with Gasteiger partial charge < -0.3 is 9.84 Å². The smallest absolute Gasteiger partial charge is 0.248 e. The van der Waals surface area contributed by atoms with Gasteiger partial charge in [0.25, 0.3) is 0 Å². The first kappa shape index (κ1) is 11.4. The van der Waals surface area contributed by atoms with Crippen LogP contribution in [0.2, 0.25) is 0 Å². The van der Waals surface area contributed by atoms with Gasteiger partial charge in [0.1, 0.15) is 6.04 Å². The molecule has 0 saturated carbocycles. The zero-order chi connectivity index (χ0) is 12.4. The van der Waals surface area contributed by atoms with Gasteiger partial charge in [0.2, 0.25) is 5.89 Å². The molecule has 3 rings (SSSR count). The van der Waals surface area contributed by atoms with Crippen molar-refractivity contribution in [3.63, 3.8) is 0 Å². The molecule has 1 aliphatic rings. The molecule has 1 aliphatic heterocycles. The van der Waals surface area contributed by atoms with E-state index in [4.69, 9.17) is 4.52 Å². The molecule has 94 valence electrons. The Balaban J connectivity index is 1.92. The maximum Gasteiger partial charge on any atom is 0.248 e. The van der Waals surface area contributed by atoms with Crippen LogP contribution in [0.3, 0.4) is 0 Å². The monoisotopic (exact) mass is 243 g/mol. The largest absolute Gasteiger partial charge is 0.337 e. The van der Waals surface area contributed by atoms with E-state index in [0.29, 0.717) is 5.89 Å². The van der Waals surface area contributed by atoms with Crippen LogP contribution in [0.25, 0.3) is 0 Å². The molecule has 0 aliphatic carbocycles. The molecule has 4 nitrogen and oxygen atoms in total. The number of rotatable bonds is 3. The van der Waals surface area contributed by atoms with Crippen LogP contribution >= 0.6 is 0 Å². The van der Waals surface area contributed by atoms with E-state index in [1.54, 1.807) is 0 Å². The molecule has 0 radical (unpaired) electrons. The van der Waals surface area contributed by atoms with Crippen molar-refractivity contribution in [2.24, 2.45) is 0 Å². The van der Waals surface area contributed by atoms with E-state index in [9.17, 15) is 0 Å². The number of fused-ring (bicyclic) bond motifs is 1. The third kappa shape index (κ3) is 2.04. The van der Waals surface area contributed by atoms with Crippen molar-refractivity contribution >= 4 is 0 Å². The number of aromatic nitrogens is 2. The van der Waals surface area contributed by atoms with E-state index in [0.717, 1.165) is 31.6 Å². The van der Waals surface area contributed by atoms with Gasteiger partial charge in [-0.2, -0.15) is 4.98 Å². The van der Waals surface area contributed by atoms with E-state index in [-0.39, 0.29) is 6.04 Å². The molecule has 0 spiro atoms. The predicted octanol–water partition coefficient (Wildman–Crippen LogP) is 2.26. The first-order chi connectivity index (χ1) is 8.88. The molecule has 2 heterocycles. The van der Waals surface area contributed by atoms with Gasteiger partial charge in [0.05, 0.1) is 0 Å². The fourth-order valence-electron chi connectivity index (χ4n) is 2.43. The average Bonchev–Trinajstić information content (AvgIpc) is 2.87. The summed E-state index contributed by atoms with van der Waals surface area (Å²) in [6.07, 6.45) is 2.97. The standard InChI is InChI=1S/C14H17N3O/c1-2-5-12-16-14(18-17-12)13-11-7-4-3-6-10(11)8-9-15-13/h3-4,6-7,13,15H,2,5,8-9H2,1H3. The lowest BCUT2D eigenvalue weighted by molar-refractivity contribution is 0.340. The summed E-state index contributed by atoms with van der Waals surface area (Å²) in [6.45, 7) is 3.07. The zero-order valence-corrected chi connectivity index (χ0v) is 10.5. The van der Waals surface area contributed by atoms with Gasteiger partial charge in [-0.3, -0.25) is 0 Å². The van der Waals surface area contributed by atoms with Crippen LogP contribution in [0.5, 0.6) is 0 Å². The van der Waals surface area contributed by atoms with Gasteiger partial charge >= 0.3 is 0 Å². The average molecular weight is 243 g/mol. The molecule has 0 fully saturated rings. The molecule has 1 atom stereocenters. The topological polar surface area (TPSA) is 51.0 Å². The van der Waals surface area contributed by atoms with Gasteiger partial charge in [-0.25, -0.2) is 0 Å². The summed E-state index contributed by atoms with van der Waals surface area (Å²) < 4.78 is 5.39. The number of nitrogens with one attached hydrogen (secondary N) is 1. The Bertz CT molecular complexity index is 535. The normalized spacial score (nSPS) is 18.6. The highest BCUT2D eigenvalue weighted by Gasteiger charge is 2.25. The molecule has 0 saturated heterocycles. The van der Waals surface area contributed by atoms with Crippen molar-refractivity contribution in [3.8, 4) is 0 Å². The Morgan fingerprint density at radius 1 is 1.39 bits per heavy atom. The Morgan fingerprint density at radius 2 is 2.28 bits per heavy atom. The molecule has 1 aromatic carbocycles. The SMILES string of the molecule is CCCc1noc(C2NCCc3ccccc32)n1. The van der Waals surface area contributed by atoms with Crippen LogP contribution in [-0.2, 0) is 12.8 Å². The maximum absolute atomic E-state index is 5.39. The van der Waals surface area contributed by atoms with E-state index in [2.05, 4.69) is 46.6 Å². The second kappa shape index (κ2) is 4.90. The van der Waals surface area contributed by atoms with E-state index >= 15 is 0 Å². The van der Waals surface area contributed by atoms with Gasteiger partial charge in [0.15, 0.2) is 5.82 Å². The molecule has 1 aromatic heterocycles. The molecule has 1 unspecified atom stereocenters. The van der Waals surface area contributed by atoms with Crippen LogP contribution in [0, 0.1) is 0 Å².